The predicted octanol–water partition coefficient (Wildman–Crippen LogP) is 4.85. The number of hydrogen-bond acceptors (Lipinski definition) is 6. The fourth-order valence-corrected chi connectivity index (χ4v) is 4.96. The summed E-state index contributed by atoms with van der Waals surface area (Å²) < 4.78 is 5.98. The monoisotopic (exact) mass is 496 g/mol. The Morgan fingerprint density at radius 3 is 2.54 bits per heavy atom. The Labute approximate surface area is 217 Å². The van der Waals surface area contributed by atoms with E-state index in [1.165, 1.54) is 0 Å². The second-order valence-electron chi connectivity index (χ2n) is 9.80. The van der Waals surface area contributed by atoms with Crippen LogP contribution >= 0.6 is 0 Å². The van der Waals surface area contributed by atoms with E-state index in [9.17, 15) is 15.0 Å². The van der Waals surface area contributed by atoms with E-state index in [0.29, 0.717) is 49.2 Å². The van der Waals surface area contributed by atoms with Gasteiger partial charge >= 0.3 is 0 Å². The van der Waals surface area contributed by atoms with Crippen LogP contribution in [-0.4, -0.2) is 51.8 Å². The number of aliphatic hydroxyl groups excluding tert-OH is 1. The summed E-state index contributed by atoms with van der Waals surface area (Å²) in [5, 5.41) is 23.1. The largest absolute Gasteiger partial charge is 0.493 e. The number of likely N-dealkylation sites (tertiary alicyclic amines) is 1. The van der Waals surface area contributed by atoms with Crippen molar-refractivity contribution in [1.82, 2.24) is 9.88 Å². The molecule has 1 saturated heterocycles. The maximum atomic E-state index is 13.0. The van der Waals surface area contributed by atoms with Crippen LogP contribution in [0.5, 0.6) is 5.75 Å². The first-order valence-corrected chi connectivity index (χ1v) is 12.8. The molecule has 190 valence electrons. The molecule has 37 heavy (non-hydrogen) atoms. The Bertz CT molecular complexity index is 1380. The molecular formula is C31H32N2O4. The van der Waals surface area contributed by atoms with Gasteiger partial charge < -0.3 is 14.9 Å². The number of ether oxygens (including phenoxy) is 1. The maximum absolute atomic E-state index is 13.0. The molecule has 0 bridgehead atoms. The summed E-state index contributed by atoms with van der Waals surface area (Å²) in [6.07, 6.45) is 2.48. The highest BCUT2D eigenvalue weighted by atomic mass is 16.5. The summed E-state index contributed by atoms with van der Waals surface area (Å²) in [6, 6.07) is 24.6. The third kappa shape index (κ3) is 5.57. The Hall–Kier alpha value is -3.58. The van der Waals surface area contributed by atoms with Crippen LogP contribution in [0.3, 0.4) is 0 Å². The fourth-order valence-electron chi connectivity index (χ4n) is 4.96. The van der Waals surface area contributed by atoms with Crippen LogP contribution in [-0.2, 0) is 5.60 Å². The van der Waals surface area contributed by atoms with Crippen molar-refractivity contribution in [2.24, 2.45) is 0 Å². The molecule has 2 N–H and O–H groups in total. The standard InChI is InChI=1S/C31H32N2O4/c1-22-11-12-28(26(19-22)30(35)23-7-3-2-4-8-23)37-18-13-29(34)33-16-14-31(36,15-17-33)25-20-24-9-5-6-10-27(24)32-21-25/h2-12,19-21,29,34,36H,13-18H2,1H3. The topological polar surface area (TPSA) is 82.9 Å². The van der Waals surface area contributed by atoms with Crippen LogP contribution in [0.4, 0.5) is 0 Å². The van der Waals surface area contributed by atoms with Crippen LogP contribution in [0.15, 0.2) is 85.1 Å². The van der Waals surface area contributed by atoms with Gasteiger partial charge in [-0.05, 0) is 44.0 Å². The molecule has 1 unspecified atom stereocenters. The number of aliphatic hydroxyl groups is 2. The van der Waals surface area contributed by atoms with Crippen molar-refractivity contribution in [2.45, 2.75) is 38.0 Å². The molecule has 1 aromatic heterocycles. The SMILES string of the molecule is Cc1ccc(OCCC(O)N2CCC(O)(c3cnc4ccccc4c3)CC2)c(C(=O)c2ccccc2)c1. The van der Waals surface area contributed by atoms with E-state index in [4.69, 9.17) is 4.74 Å². The molecule has 1 atom stereocenters. The zero-order chi connectivity index (χ0) is 25.8. The van der Waals surface area contributed by atoms with Gasteiger partial charge in [0.25, 0.3) is 0 Å². The number of nitrogens with zero attached hydrogens (tertiary/aromatic N) is 2. The number of benzene rings is 3. The van der Waals surface area contributed by atoms with E-state index in [2.05, 4.69) is 4.98 Å². The minimum Gasteiger partial charge on any atom is -0.493 e. The fraction of sp³-hybridized carbons (Fsp3) is 0.290. The summed E-state index contributed by atoms with van der Waals surface area (Å²) in [5.74, 6) is 0.432. The number of aryl methyl sites for hydroxylation is 1. The predicted molar refractivity (Wildman–Crippen MR) is 144 cm³/mol. The number of hydrogen-bond donors (Lipinski definition) is 2. The summed E-state index contributed by atoms with van der Waals surface area (Å²) in [5.41, 5.74) is 2.88. The van der Waals surface area contributed by atoms with Gasteiger partial charge in [-0.15, -0.1) is 0 Å². The number of pyridine rings is 1. The molecule has 5 rings (SSSR count). The average Bonchev–Trinajstić information content (AvgIpc) is 2.94. The lowest BCUT2D eigenvalue weighted by atomic mass is 9.84. The van der Waals surface area contributed by atoms with Gasteiger partial charge in [-0.2, -0.15) is 0 Å². The molecule has 3 aromatic carbocycles. The molecule has 0 saturated carbocycles. The van der Waals surface area contributed by atoms with Gasteiger partial charge in [0.05, 0.1) is 23.3 Å². The third-order valence-corrected chi connectivity index (χ3v) is 7.22. The maximum Gasteiger partial charge on any atom is 0.196 e. The van der Waals surface area contributed by atoms with E-state index in [1.807, 2.05) is 78.6 Å². The normalized spacial score (nSPS) is 16.4. The second-order valence-corrected chi connectivity index (χ2v) is 9.80. The zero-order valence-corrected chi connectivity index (χ0v) is 21.0. The van der Waals surface area contributed by atoms with Crippen LogP contribution in [0.1, 0.15) is 46.3 Å². The van der Waals surface area contributed by atoms with E-state index in [0.717, 1.165) is 22.0 Å². The van der Waals surface area contributed by atoms with Crippen molar-refractivity contribution >= 4 is 16.7 Å². The average molecular weight is 497 g/mol. The number of rotatable bonds is 8. The number of ketones is 1. The molecule has 1 aliphatic heterocycles. The van der Waals surface area contributed by atoms with Crippen LogP contribution < -0.4 is 4.74 Å². The van der Waals surface area contributed by atoms with E-state index in [-0.39, 0.29) is 12.4 Å². The molecule has 1 aliphatic rings. The van der Waals surface area contributed by atoms with Crippen molar-refractivity contribution in [1.29, 1.82) is 0 Å². The molecule has 6 heteroatoms. The molecule has 2 heterocycles. The molecule has 6 nitrogen and oxygen atoms in total. The van der Waals surface area contributed by atoms with Gasteiger partial charge in [0.1, 0.15) is 12.0 Å². The lowest BCUT2D eigenvalue weighted by molar-refractivity contribution is -0.0819. The van der Waals surface area contributed by atoms with Gasteiger partial charge in [-0.25, -0.2) is 0 Å². The summed E-state index contributed by atoms with van der Waals surface area (Å²) >= 11 is 0. The molecule has 0 aliphatic carbocycles. The van der Waals surface area contributed by atoms with Crippen LogP contribution in [0.25, 0.3) is 10.9 Å². The molecular weight excluding hydrogens is 464 g/mol. The van der Waals surface area contributed by atoms with Gasteiger partial charge in [-0.1, -0.05) is 60.2 Å². The highest BCUT2D eigenvalue weighted by Crippen LogP contribution is 2.34. The van der Waals surface area contributed by atoms with Crippen molar-refractivity contribution < 1.29 is 19.7 Å². The van der Waals surface area contributed by atoms with Gasteiger partial charge in [0.2, 0.25) is 0 Å². The highest BCUT2D eigenvalue weighted by Gasteiger charge is 2.36. The second kappa shape index (κ2) is 10.8. The number of carbonyl (C=O) groups excluding carboxylic acids is 1. The Morgan fingerprint density at radius 1 is 1.03 bits per heavy atom. The molecule has 1 fully saturated rings. The third-order valence-electron chi connectivity index (χ3n) is 7.22. The number of para-hydroxylation sites is 1. The summed E-state index contributed by atoms with van der Waals surface area (Å²) in [6.45, 7) is 3.34. The van der Waals surface area contributed by atoms with Crippen molar-refractivity contribution in [3.8, 4) is 5.75 Å². The van der Waals surface area contributed by atoms with E-state index < -0.39 is 11.8 Å². The first-order chi connectivity index (χ1) is 17.9. The number of fused-ring (bicyclic) bond motifs is 1. The molecule has 0 amide bonds. The molecule has 4 aromatic rings. The van der Waals surface area contributed by atoms with Crippen molar-refractivity contribution in [3.05, 3.63) is 107 Å². The lowest BCUT2D eigenvalue weighted by Gasteiger charge is -2.40. The van der Waals surface area contributed by atoms with Gasteiger partial charge in [-0.3, -0.25) is 14.7 Å². The zero-order valence-electron chi connectivity index (χ0n) is 21.0. The first-order valence-electron chi connectivity index (χ1n) is 12.8. The summed E-state index contributed by atoms with van der Waals surface area (Å²) in [4.78, 5) is 19.5. The number of carbonyl (C=O) groups is 1. The highest BCUT2D eigenvalue weighted by molar-refractivity contribution is 6.10. The first kappa shape index (κ1) is 25.1. The Balaban J connectivity index is 1.18. The van der Waals surface area contributed by atoms with Crippen molar-refractivity contribution in [3.63, 3.8) is 0 Å². The van der Waals surface area contributed by atoms with E-state index >= 15 is 0 Å². The quantitative estimate of drug-likeness (QED) is 0.340. The van der Waals surface area contributed by atoms with Gasteiger partial charge in [0.15, 0.2) is 5.78 Å². The lowest BCUT2D eigenvalue weighted by Crippen LogP contribution is -2.47. The molecule has 0 radical (unpaired) electrons. The van der Waals surface area contributed by atoms with E-state index in [1.54, 1.807) is 18.3 Å². The summed E-state index contributed by atoms with van der Waals surface area (Å²) in [7, 11) is 0. The smallest absolute Gasteiger partial charge is 0.196 e. The minimum absolute atomic E-state index is 0.0849. The Kier molecular flexibility index (Phi) is 7.33. The van der Waals surface area contributed by atoms with Crippen LogP contribution in [0, 0.1) is 6.92 Å². The van der Waals surface area contributed by atoms with Crippen molar-refractivity contribution in [2.75, 3.05) is 19.7 Å². The number of piperidine rings is 1. The minimum atomic E-state index is -0.960. The molecule has 0 spiro atoms. The van der Waals surface area contributed by atoms with Gasteiger partial charge in [0, 0.05) is 42.2 Å². The number of aromatic nitrogens is 1. The van der Waals surface area contributed by atoms with Crippen LogP contribution in [0.2, 0.25) is 0 Å². The Morgan fingerprint density at radius 2 is 1.76 bits per heavy atom.